The third-order valence-electron chi connectivity index (χ3n) is 2.82. The Labute approximate surface area is 117 Å². The van der Waals surface area contributed by atoms with Crippen LogP contribution in [0.3, 0.4) is 0 Å². The zero-order chi connectivity index (χ0) is 14.8. The number of nitrogens with one attached hydrogen (secondary N) is 1. The minimum atomic E-state index is -3.67. The Morgan fingerprint density at radius 3 is 2.35 bits per heavy atom. The number of nitrogen functional groups attached to an aromatic ring is 1. The lowest BCUT2D eigenvalue weighted by Gasteiger charge is -2.09. The Morgan fingerprint density at radius 2 is 1.80 bits per heavy atom. The van der Waals surface area contributed by atoms with E-state index in [9.17, 15) is 8.42 Å². The SMILES string of the molecule is Cc1cc(NS(=O)(=O)c2ccc(C#N)cc2)ccc1N. The lowest BCUT2D eigenvalue weighted by Crippen LogP contribution is -2.13. The van der Waals surface area contributed by atoms with Gasteiger partial charge in [-0.05, 0) is 55.0 Å². The molecule has 2 aromatic carbocycles. The van der Waals surface area contributed by atoms with Crippen molar-refractivity contribution in [2.24, 2.45) is 0 Å². The number of hydrogen-bond donors (Lipinski definition) is 2. The molecule has 2 aromatic rings. The van der Waals surface area contributed by atoms with E-state index in [-0.39, 0.29) is 4.90 Å². The van der Waals surface area contributed by atoms with E-state index in [4.69, 9.17) is 11.0 Å². The molecule has 0 saturated carbocycles. The summed E-state index contributed by atoms with van der Waals surface area (Å²) < 4.78 is 26.8. The summed E-state index contributed by atoms with van der Waals surface area (Å²) in [6.07, 6.45) is 0. The van der Waals surface area contributed by atoms with E-state index in [2.05, 4.69) is 4.72 Å². The van der Waals surface area contributed by atoms with Crippen LogP contribution in [-0.4, -0.2) is 8.42 Å². The summed E-state index contributed by atoms with van der Waals surface area (Å²) in [5, 5.41) is 8.70. The standard InChI is InChI=1S/C14H13N3O2S/c1-10-8-12(4-7-14(10)16)17-20(18,19)13-5-2-11(9-15)3-6-13/h2-8,17H,16H2,1H3. The lowest BCUT2D eigenvalue weighted by atomic mass is 10.2. The van der Waals surface area contributed by atoms with Crippen LogP contribution in [0.25, 0.3) is 0 Å². The molecule has 0 unspecified atom stereocenters. The van der Waals surface area contributed by atoms with Gasteiger partial charge in [0.2, 0.25) is 0 Å². The van der Waals surface area contributed by atoms with Gasteiger partial charge in [0.1, 0.15) is 0 Å². The number of nitrogens with zero attached hydrogens (tertiary/aromatic N) is 1. The molecule has 0 amide bonds. The summed E-state index contributed by atoms with van der Waals surface area (Å²) >= 11 is 0. The number of sulfonamides is 1. The summed E-state index contributed by atoms with van der Waals surface area (Å²) in [5.41, 5.74) is 7.94. The Morgan fingerprint density at radius 1 is 1.15 bits per heavy atom. The maximum Gasteiger partial charge on any atom is 0.261 e. The highest BCUT2D eigenvalue weighted by Gasteiger charge is 2.14. The van der Waals surface area contributed by atoms with Gasteiger partial charge in [0.25, 0.3) is 10.0 Å². The molecule has 20 heavy (non-hydrogen) atoms. The van der Waals surface area contributed by atoms with Crippen molar-refractivity contribution in [2.45, 2.75) is 11.8 Å². The van der Waals surface area contributed by atoms with E-state index < -0.39 is 10.0 Å². The topological polar surface area (TPSA) is 96.0 Å². The average Bonchev–Trinajstić information content (AvgIpc) is 2.43. The van der Waals surface area contributed by atoms with Crippen molar-refractivity contribution in [1.29, 1.82) is 5.26 Å². The third kappa shape index (κ3) is 2.90. The molecule has 0 heterocycles. The summed E-state index contributed by atoms with van der Waals surface area (Å²) in [4.78, 5) is 0.103. The first-order valence-electron chi connectivity index (χ1n) is 5.81. The normalized spacial score (nSPS) is 10.8. The molecule has 6 heteroatoms. The van der Waals surface area contributed by atoms with Gasteiger partial charge >= 0.3 is 0 Å². The maximum absolute atomic E-state index is 12.2. The minimum absolute atomic E-state index is 0.103. The molecular formula is C14H13N3O2S. The van der Waals surface area contributed by atoms with Crippen molar-refractivity contribution in [3.05, 3.63) is 53.6 Å². The molecule has 0 aliphatic heterocycles. The van der Waals surface area contributed by atoms with Gasteiger partial charge < -0.3 is 5.73 Å². The van der Waals surface area contributed by atoms with Crippen LogP contribution in [0.2, 0.25) is 0 Å². The van der Waals surface area contributed by atoms with Crippen LogP contribution in [0.15, 0.2) is 47.4 Å². The highest BCUT2D eigenvalue weighted by atomic mass is 32.2. The molecule has 0 aliphatic carbocycles. The van der Waals surface area contributed by atoms with Gasteiger partial charge in [0.15, 0.2) is 0 Å². The Hall–Kier alpha value is -2.52. The van der Waals surface area contributed by atoms with E-state index in [1.165, 1.54) is 24.3 Å². The van der Waals surface area contributed by atoms with Crippen LogP contribution in [0.5, 0.6) is 0 Å². The smallest absolute Gasteiger partial charge is 0.261 e. The average molecular weight is 287 g/mol. The van der Waals surface area contributed by atoms with Crippen molar-refractivity contribution >= 4 is 21.4 Å². The first kappa shape index (κ1) is 13.9. The molecule has 0 aliphatic rings. The molecule has 0 atom stereocenters. The zero-order valence-electron chi connectivity index (χ0n) is 10.8. The molecule has 0 saturated heterocycles. The van der Waals surface area contributed by atoms with Crippen molar-refractivity contribution < 1.29 is 8.42 Å². The largest absolute Gasteiger partial charge is 0.399 e. The van der Waals surface area contributed by atoms with Crippen LogP contribution >= 0.6 is 0 Å². The maximum atomic E-state index is 12.2. The predicted octanol–water partition coefficient (Wildman–Crippen LogP) is 2.25. The second kappa shape index (κ2) is 5.23. The molecule has 102 valence electrons. The molecule has 3 N–H and O–H groups in total. The van der Waals surface area contributed by atoms with Crippen LogP contribution in [-0.2, 0) is 10.0 Å². The second-order valence-corrected chi connectivity index (χ2v) is 6.00. The number of anilines is 2. The van der Waals surface area contributed by atoms with E-state index in [0.29, 0.717) is 16.9 Å². The van der Waals surface area contributed by atoms with Gasteiger partial charge in [-0.1, -0.05) is 0 Å². The minimum Gasteiger partial charge on any atom is -0.399 e. The highest BCUT2D eigenvalue weighted by Crippen LogP contribution is 2.20. The molecule has 2 rings (SSSR count). The molecule has 0 spiro atoms. The van der Waals surface area contributed by atoms with Crippen molar-refractivity contribution in [2.75, 3.05) is 10.5 Å². The molecule has 0 fully saturated rings. The van der Waals surface area contributed by atoms with Gasteiger partial charge in [-0.25, -0.2) is 8.42 Å². The van der Waals surface area contributed by atoms with Gasteiger partial charge in [-0.3, -0.25) is 4.72 Å². The van der Waals surface area contributed by atoms with Gasteiger partial charge in [0, 0.05) is 11.4 Å². The van der Waals surface area contributed by atoms with Crippen LogP contribution in [0, 0.1) is 18.3 Å². The lowest BCUT2D eigenvalue weighted by molar-refractivity contribution is 0.601. The second-order valence-electron chi connectivity index (χ2n) is 4.31. The summed E-state index contributed by atoms with van der Waals surface area (Å²) in [5.74, 6) is 0. The van der Waals surface area contributed by atoms with Crippen molar-refractivity contribution in [1.82, 2.24) is 0 Å². The molecule has 5 nitrogen and oxygen atoms in total. The monoisotopic (exact) mass is 287 g/mol. The fraction of sp³-hybridized carbons (Fsp3) is 0.0714. The predicted molar refractivity (Wildman–Crippen MR) is 77.6 cm³/mol. The number of benzene rings is 2. The summed E-state index contributed by atoms with van der Waals surface area (Å²) in [7, 11) is -3.67. The van der Waals surface area contributed by atoms with Gasteiger partial charge in [-0.15, -0.1) is 0 Å². The fourth-order valence-corrected chi connectivity index (χ4v) is 2.71. The quantitative estimate of drug-likeness (QED) is 0.846. The van der Waals surface area contributed by atoms with Gasteiger partial charge in [-0.2, -0.15) is 5.26 Å². The van der Waals surface area contributed by atoms with E-state index in [1.54, 1.807) is 25.1 Å². The van der Waals surface area contributed by atoms with E-state index in [1.807, 2.05) is 6.07 Å². The number of hydrogen-bond acceptors (Lipinski definition) is 4. The highest BCUT2D eigenvalue weighted by molar-refractivity contribution is 7.92. The number of nitriles is 1. The number of aryl methyl sites for hydroxylation is 1. The van der Waals surface area contributed by atoms with Crippen LogP contribution in [0.1, 0.15) is 11.1 Å². The Kier molecular flexibility index (Phi) is 3.63. The van der Waals surface area contributed by atoms with Crippen LogP contribution < -0.4 is 10.5 Å². The fourth-order valence-electron chi connectivity index (χ4n) is 1.66. The Bertz CT molecular complexity index is 775. The number of nitrogens with two attached hydrogens (primary N) is 1. The number of rotatable bonds is 3. The van der Waals surface area contributed by atoms with E-state index >= 15 is 0 Å². The molecule has 0 aromatic heterocycles. The third-order valence-corrected chi connectivity index (χ3v) is 4.21. The molecule has 0 radical (unpaired) electrons. The Balaban J connectivity index is 2.30. The van der Waals surface area contributed by atoms with Crippen molar-refractivity contribution in [3.63, 3.8) is 0 Å². The summed E-state index contributed by atoms with van der Waals surface area (Å²) in [6, 6.07) is 12.6. The molecular weight excluding hydrogens is 274 g/mol. The summed E-state index contributed by atoms with van der Waals surface area (Å²) in [6.45, 7) is 1.80. The molecule has 0 bridgehead atoms. The first-order valence-corrected chi connectivity index (χ1v) is 7.30. The first-order chi connectivity index (χ1) is 9.42. The zero-order valence-corrected chi connectivity index (χ0v) is 11.6. The van der Waals surface area contributed by atoms with Crippen LogP contribution in [0.4, 0.5) is 11.4 Å². The van der Waals surface area contributed by atoms with E-state index in [0.717, 1.165) is 5.56 Å². The van der Waals surface area contributed by atoms with Crippen molar-refractivity contribution in [3.8, 4) is 6.07 Å². The van der Waals surface area contributed by atoms with Gasteiger partial charge in [0.05, 0.1) is 16.5 Å².